The normalized spacial score (nSPS) is 11.9. The van der Waals surface area contributed by atoms with Crippen LogP contribution in [0.25, 0.3) is 0 Å². The lowest BCUT2D eigenvalue weighted by Crippen LogP contribution is -2.28. The van der Waals surface area contributed by atoms with Crippen LogP contribution in [0.1, 0.15) is 22.0 Å². The van der Waals surface area contributed by atoms with Crippen LogP contribution in [0.3, 0.4) is 0 Å². The summed E-state index contributed by atoms with van der Waals surface area (Å²) in [6.07, 6.45) is -0.730. The first kappa shape index (κ1) is 15.0. The smallest absolute Gasteiger partial charge is 0.252 e. The number of rotatable bonds is 4. The number of amides is 1. The standard InChI is InChI=1S/C15H13BrClNO2/c16-13-8-11(17)6-7-12(13)15(20)18-9-14(19)10-4-2-1-3-5-10/h1-8,14,19H,9H2,(H,18,20). The van der Waals surface area contributed by atoms with E-state index in [-0.39, 0.29) is 12.5 Å². The molecule has 3 nitrogen and oxygen atoms in total. The van der Waals surface area contributed by atoms with Gasteiger partial charge >= 0.3 is 0 Å². The molecule has 0 aliphatic heterocycles. The van der Waals surface area contributed by atoms with Crippen molar-refractivity contribution in [3.05, 3.63) is 69.2 Å². The van der Waals surface area contributed by atoms with E-state index in [0.29, 0.717) is 15.1 Å². The molecule has 0 aliphatic carbocycles. The van der Waals surface area contributed by atoms with Crippen molar-refractivity contribution in [2.24, 2.45) is 0 Å². The molecular weight excluding hydrogens is 342 g/mol. The van der Waals surface area contributed by atoms with E-state index in [2.05, 4.69) is 21.2 Å². The minimum Gasteiger partial charge on any atom is -0.387 e. The van der Waals surface area contributed by atoms with Crippen LogP contribution in [0.4, 0.5) is 0 Å². The molecule has 0 aliphatic rings. The lowest BCUT2D eigenvalue weighted by molar-refractivity contribution is 0.0915. The maximum atomic E-state index is 12.0. The fourth-order valence-corrected chi connectivity index (χ4v) is 2.61. The number of aliphatic hydroxyl groups is 1. The Morgan fingerprint density at radius 3 is 2.60 bits per heavy atom. The third kappa shape index (κ3) is 3.82. The molecule has 0 radical (unpaired) electrons. The highest BCUT2D eigenvalue weighted by atomic mass is 79.9. The molecule has 1 atom stereocenters. The van der Waals surface area contributed by atoms with Crippen molar-refractivity contribution in [3.63, 3.8) is 0 Å². The summed E-state index contributed by atoms with van der Waals surface area (Å²) in [5, 5.41) is 13.2. The average Bonchev–Trinajstić information content (AvgIpc) is 2.45. The van der Waals surface area contributed by atoms with Gasteiger partial charge in [-0.2, -0.15) is 0 Å². The van der Waals surface area contributed by atoms with Crippen molar-refractivity contribution in [2.75, 3.05) is 6.54 Å². The van der Waals surface area contributed by atoms with Crippen molar-refractivity contribution in [2.45, 2.75) is 6.10 Å². The number of carbonyl (C=O) groups is 1. The van der Waals surface area contributed by atoms with Gasteiger partial charge in [0.1, 0.15) is 0 Å². The van der Waals surface area contributed by atoms with E-state index in [0.717, 1.165) is 5.56 Å². The Morgan fingerprint density at radius 1 is 1.25 bits per heavy atom. The van der Waals surface area contributed by atoms with Gasteiger partial charge < -0.3 is 10.4 Å². The van der Waals surface area contributed by atoms with Gasteiger partial charge in [0.05, 0.1) is 11.7 Å². The molecule has 2 rings (SSSR count). The Labute approximate surface area is 130 Å². The second-order valence-electron chi connectivity index (χ2n) is 4.26. The van der Waals surface area contributed by atoms with E-state index in [1.807, 2.05) is 30.3 Å². The molecule has 0 aromatic heterocycles. The van der Waals surface area contributed by atoms with Crippen LogP contribution in [0.15, 0.2) is 53.0 Å². The molecule has 1 amide bonds. The molecule has 0 fully saturated rings. The number of hydrogen-bond acceptors (Lipinski definition) is 2. The summed E-state index contributed by atoms with van der Waals surface area (Å²) >= 11 is 9.12. The first-order chi connectivity index (χ1) is 9.58. The molecule has 5 heteroatoms. The van der Waals surface area contributed by atoms with E-state index in [9.17, 15) is 9.90 Å². The molecule has 2 aromatic carbocycles. The number of aliphatic hydroxyl groups excluding tert-OH is 1. The van der Waals surface area contributed by atoms with E-state index >= 15 is 0 Å². The Morgan fingerprint density at radius 2 is 1.95 bits per heavy atom. The van der Waals surface area contributed by atoms with Gasteiger partial charge in [-0.05, 0) is 39.7 Å². The molecule has 104 valence electrons. The minimum atomic E-state index is -0.730. The van der Waals surface area contributed by atoms with E-state index in [4.69, 9.17) is 11.6 Å². The summed E-state index contributed by atoms with van der Waals surface area (Å²) < 4.78 is 0.622. The maximum absolute atomic E-state index is 12.0. The van der Waals surface area contributed by atoms with Gasteiger partial charge in [0, 0.05) is 16.0 Å². The fraction of sp³-hybridized carbons (Fsp3) is 0.133. The van der Waals surface area contributed by atoms with Crippen molar-refractivity contribution in [3.8, 4) is 0 Å². The number of carbonyl (C=O) groups excluding carboxylic acids is 1. The number of hydrogen-bond donors (Lipinski definition) is 2. The maximum Gasteiger partial charge on any atom is 0.252 e. The van der Waals surface area contributed by atoms with Crippen LogP contribution in [0, 0.1) is 0 Å². The summed E-state index contributed by atoms with van der Waals surface area (Å²) in [7, 11) is 0. The number of benzene rings is 2. The number of halogens is 2. The predicted octanol–water partition coefficient (Wildman–Crippen LogP) is 3.57. The van der Waals surface area contributed by atoms with Crippen molar-refractivity contribution < 1.29 is 9.90 Å². The Hall–Kier alpha value is -1.36. The van der Waals surface area contributed by atoms with Gasteiger partial charge in [-0.3, -0.25) is 4.79 Å². The largest absolute Gasteiger partial charge is 0.387 e. The lowest BCUT2D eigenvalue weighted by Gasteiger charge is -2.12. The van der Waals surface area contributed by atoms with E-state index in [1.165, 1.54) is 0 Å². The zero-order chi connectivity index (χ0) is 14.5. The van der Waals surface area contributed by atoms with E-state index < -0.39 is 6.10 Å². The second-order valence-corrected chi connectivity index (χ2v) is 5.55. The average molecular weight is 355 g/mol. The molecular formula is C15H13BrClNO2. The Bertz CT molecular complexity index is 604. The Kier molecular flexibility index (Phi) is 5.17. The molecule has 1 unspecified atom stereocenters. The van der Waals surface area contributed by atoms with E-state index in [1.54, 1.807) is 18.2 Å². The zero-order valence-electron chi connectivity index (χ0n) is 10.5. The van der Waals surface area contributed by atoms with Crippen LogP contribution < -0.4 is 5.32 Å². The molecule has 0 spiro atoms. The molecule has 2 N–H and O–H groups in total. The number of nitrogens with one attached hydrogen (secondary N) is 1. The summed E-state index contributed by atoms with van der Waals surface area (Å²) in [5.74, 6) is -0.261. The van der Waals surface area contributed by atoms with Crippen LogP contribution in [-0.2, 0) is 0 Å². The summed E-state index contributed by atoms with van der Waals surface area (Å²) in [5.41, 5.74) is 1.25. The first-order valence-corrected chi connectivity index (χ1v) is 7.21. The van der Waals surface area contributed by atoms with Crippen molar-refractivity contribution in [1.29, 1.82) is 0 Å². The van der Waals surface area contributed by atoms with Gasteiger partial charge in [0.15, 0.2) is 0 Å². The van der Waals surface area contributed by atoms with Crippen LogP contribution in [0.2, 0.25) is 5.02 Å². The summed E-state index contributed by atoms with van der Waals surface area (Å²) in [4.78, 5) is 12.0. The lowest BCUT2D eigenvalue weighted by atomic mass is 10.1. The van der Waals surface area contributed by atoms with Gasteiger partial charge in [0.2, 0.25) is 0 Å². The van der Waals surface area contributed by atoms with Crippen molar-refractivity contribution >= 4 is 33.4 Å². The second kappa shape index (κ2) is 6.88. The molecule has 2 aromatic rings. The molecule has 0 bridgehead atoms. The van der Waals surface area contributed by atoms with Gasteiger partial charge in [-0.15, -0.1) is 0 Å². The Balaban J connectivity index is 1.99. The molecule has 0 saturated heterocycles. The highest BCUT2D eigenvalue weighted by Crippen LogP contribution is 2.21. The third-order valence-corrected chi connectivity index (χ3v) is 3.71. The summed E-state index contributed by atoms with van der Waals surface area (Å²) in [6.45, 7) is 0.151. The van der Waals surface area contributed by atoms with Crippen LogP contribution in [-0.4, -0.2) is 17.6 Å². The summed E-state index contributed by atoms with van der Waals surface area (Å²) in [6, 6.07) is 14.1. The van der Waals surface area contributed by atoms with Gasteiger partial charge in [-0.1, -0.05) is 41.9 Å². The third-order valence-electron chi connectivity index (χ3n) is 2.82. The quantitative estimate of drug-likeness (QED) is 0.882. The predicted molar refractivity (Wildman–Crippen MR) is 82.9 cm³/mol. The molecule has 0 heterocycles. The highest BCUT2D eigenvalue weighted by molar-refractivity contribution is 9.10. The first-order valence-electron chi connectivity index (χ1n) is 6.04. The molecule has 20 heavy (non-hydrogen) atoms. The van der Waals surface area contributed by atoms with Crippen LogP contribution >= 0.6 is 27.5 Å². The van der Waals surface area contributed by atoms with Crippen LogP contribution in [0.5, 0.6) is 0 Å². The topological polar surface area (TPSA) is 49.3 Å². The minimum absolute atomic E-state index is 0.151. The zero-order valence-corrected chi connectivity index (χ0v) is 12.9. The van der Waals surface area contributed by atoms with Gasteiger partial charge in [0.25, 0.3) is 5.91 Å². The highest BCUT2D eigenvalue weighted by Gasteiger charge is 2.13. The van der Waals surface area contributed by atoms with Crippen molar-refractivity contribution in [1.82, 2.24) is 5.32 Å². The van der Waals surface area contributed by atoms with Gasteiger partial charge in [-0.25, -0.2) is 0 Å². The SMILES string of the molecule is O=C(NCC(O)c1ccccc1)c1ccc(Cl)cc1Br. The molecule has 0 saturated carbocycles. The monoisotopic (exact) mass is 353 g/mol. The fourth-order valence-electron chi connectivity index (χ4n) is 1.75.